The predicted octanol–water partition coefficient (Wildman–Crippen LogP) is 3.34. The maximum absolute atomic E-state index is 14.2. The molecule has 3 heterocycles. The van der Waals surface area contributed by atoms with E-state index in [9.17, 15) is 13.6 Å². The fourth-order valence-corrected chi connectivity index (χ4v) is 3.06. The van der Waals surface area contributed by atoms with Gasteiger partial charge in [-0.05, 0) is 24.6 Å². The molecule has 0 aliphatic carbocycles. The third-order valence-corrected chi connectivity index (χ3v) is 4.29. The number of hydrogen-bond acceptors (Lipinski definition) is 3. The maximum Gasteiger partial charge on any atom is 0.261 e. The molecule has 4 nitrogen and oxygen atoms in total. The minimum atomic E-state index is -0.750. The molecule has 0 fully saturated rings. The van der Waals surface area contributed by atoms with Crippen molar-refractivity contribution in [2.45, 2.75) is 19.4 Å². The first-order valence-electron chi connectivity index (χ1n) is 7.09. The lowest BCUT2D eigenvalue weighted by molar-refractivity contribution is 0.603. The largest absolute Gasteiger partial charge is 0.296 e. The molecule has 0 saturated heterocycles. The molecule has 0 amide bonds. The van der Waals surface area contributed by atoms with Crippen LogP contribution in [0.15, 0.2) is 29.2 Å². The topological polar surface area (TPSA) is 47.8 Å². The Kier molecular flexibility index (Phi) is 3.16. The van der Waals surface area contributed by atoms with Gasteiger partial charge in [-0.3, -0.25) is 14.3 Å². The van der Waals surface area contributed by atoms with Crippen molar-refractivity contribution in [1.29, 1.82) is 0 Å². The molecule has 1 aromatic carbocycles. The van der Waals surface area contributed by atoms with E-state index in [0.29, 0.717) is 24.2 Å². The van der Waals surface area contributed by atoms with Crippen LogP contribution in [0, 0.1) is 11.6 Å². The fourth-order valence-electron chi connectivity index (χ4n) is 2.91. The summed E-state index contributed by atoms with van der Waals surface area (Å²) in [6.45, 7) is 0.624. The van der Waals surface area contributed by atoms with E-state index in [1.807, 2.05) is 0 Å². The standard InChI is InChI=1S/C16H10ClF2N3O/c17-10-7-11(18)9(6-12(10)19)14-15-8(3-4-20-14)16(23)22-5-1-2-13(22)21-15/h3-4,6-7H,1-2,5H2. The summed E-state index contributed by atoms with van der Waals surface area (Å²) in [4.78, 5) is 21.1. The fraction of sp³-hybridized carbons (Fsp3) is 0.188. The first-order valence-corrected chi connectivity index (χ1v) is 7.47. The Morgan fingerprint density at radius 1 is 1.22 bits per heavy atom. The number of fused-ring (bicyclic) bond motifs is 2. The second kappa shape index (κ2) is 5.09. The van der Waals surface area contributed by atoms with Gasteiger partial charge in [-0.2, -0.15) is 0 Å². The van der Waals surface area contributed by atoms with Gasteiger partial charge in [0.25, 0.3) is 5.56 Å². The van der Waals surface area contributed by atoms with Gasteiger partial charge in [-0.25, -0.2) is 13.8 Å². The Hall–Kier alpha value is -2.34. The average Bonchev–Trinajstić information content (AvgIpc) is 3.00. The number of aryl methyl sites for hydroxylation is 1. The smallest absolute Gasteiger partial charge is 0.261 e. The Morgan fingerprint density at radius 3 is 2.87 bits per heavy atom. The molecule has 116 valence electrons. The van der Waals surface area contributed by atoms with Gasteiger partial charge in [0.05, 0.1) is 16.1 Å². The molecule has 0 spiro atoms. The van der Waals surface area contributed by atoms with Gasteiger partial charge in [-0.15, -0.1) is 0 Å². The molecule has 4 rings (SSSR count). The highest BCUT2D eigenvalue weighted by Crippen LogP contribution is 2.30. The Morgan fingerprint density at radius 2 is 2.04 bits per heavy atom. The van der Waals surface area contributed by atoms with Crippen molar-refractivity contribution in [2.24, 2.45) is 0 Å². The van der Waals surface area contributed by atoms with E-state index in [1.54, 1.807) is 10.6 Å². The summed E-state index contributed by atoms with van der Waals surface area (Å²) in [5, 5.41) is 0.0378. The van der Waals surface area contributed by atoms with Crippen LogP contribution < -0.4 is 5.56 Å². The molecular weight excluding hydrogens is 324 g/mol. The van der Waals surface area contributed by atoms with Gasteiger partial charge in [0.1, 0.15) is 23.0 Å². The quantitative estimate of drug-likeness (QED) is 0.642. The number of pyridine rings is 1. The zero-order chi connectivity index (χ0) is 16.1. The van der Waals surface area contributed by atoms with Crippen LogP contribution in [-0.2, 0) is 13.0 Å². The molecule has 0 unspecified atom stereocenters. The number of benzene rings is 1. The highest BCUT2D eigenvalue weighted by Gasteiger charge is 2.20. The van der Waals surface area contributed by atoms with Crippen molar-refractivity contribution >= 4 is 22.5 Å². The molecular formula is C16H10ClF2N3O. The zero-order valence-electron chi connectivity index (χ0n) is 11.8. The van der Waals surface area contributed by atoms with Crippen LogP contribution in [0.2, 0.25) is 5.02 Å². The van der Waals surface area contributed by atoms with E-state index in [2.05, 4.69) is 9.97 Å². The molecule has 0 radical (unpaired) electrons. The summed E-state index contributed by atoms with van der Waals surface area (Å²) < 4.78 is 29.6. The summed E-state index contributed by atoms with van der Waals surface area (Å²) in [6, 6.07) is 3.42. The Bertz CT molecular complexity index is 1020. The normalized spacial score (nSPS) is 13.5. The number of rotatable bonds is 1. The summed E-state index contributed by atoms with van der Waals surface area (Å²) >= 11 is 5.59. The number of hydrogen-bond donors (Lipinski definition) is 0. The Labute approximate surface area is 134 Å². The van der Waals surface area contributed by atoms with Crippen molar-refractivity contribution < 1.29 is 8.78 Å². The summed E-state index contributed by atoms with van der Waals surface area (Å²) in [6.07, 6.45) is 2.91. The van der Waals surface area contributed by atoms with Crippen molar-refractivity contribution in [3.8, 4) is 11.3 Å². The molecule has 7 heteroatoms. The van der Waals surface area contributed by atoms with Gasteiger partial charge in [-0.1, -0.05) is 11.6 Å². The predicted molar refractivity (Wildman–Crippen MR) is 82.5 cm³/mol. The van der Waals surface area contributed by atoms with Gasteiger partial charge < -0.3 is 0 Å². The van der Waals surface area contributed by atoms with Crippen LogP contribution in [0.3, 0.4) is 0 Å². The minimum Gasteiger partial charge on any atom is -0.296 e. The molecule has 1 aliphatic rings. The van der Waals surface area contributed by atoms with E-state index < -0.39 is 11.6 Å². The zero-order valence-corrected chi connectivity index (χ0v) is 12.6. The Balaban J connectivity index is 2.08. The summed E-state index contributed by atoms with van der Waals surface area (Å²) in [5.74, 6) is -0.815. The molecule has 0 N–H and O–H groups in total. The number of nitrogens with zero attached hydrogens (tertiary/aromatic N) is 3. The highest BCUT2D eigenvalue weighted by atomic mass is 35.5. The second-order valence-corrected chi connectivity index (χ2v) is 5.80. The lowest BCUT2D eigenvalue weighted by atomic mass is 10.1. The van der Waals surface area contributed by atoms with Crippen molar-refractivity contribution in [3.05, 3.63) is 57.2 Å². The maximum atomic E-state index is 14.2. The van der Waals surface area contributed by atoms with Gasteiger partial charge >= 0.3 is 0 Å². The summed E-state index contributed by atoms with van der Waals surface area (Å²) in [7, 11) is 0. The van der Waals surface area contributed by atoms with E-state index in [1.165, 1.54) is 6.20 Å². The van der Waals surface area contributed by atoms with Gasteiger partial charge in [0.15, 0.2) is 0 Å². The lowest BCUT2D eigenvalue weighted by Gasteiger charge is -2.09. The second-order valence-electron chi connectivity index (χ2n) is 5.39. The van der Waals surface area contributed by atoms with Crippen LogP contribution in [0.1, 0.15) is 12.2 Å². The molecule has 1 aliphatic heterocycles. The lowest BCUT2D eigenvalue weighted by Crippen LogP contribution is -2.21. The van der Waals surface area contributed by atoms with Crippen LogP contribution in [0.4, 0.5) is 8.78 Å². The van der Waals surface area contributed by atoms with Crippen LogP contribution in [-0.4, -0.2) is 14.5 Å². The summed E-state index contributed by atoms with van der Waals surface area (Å²) in [5.41, 5.74) is 0.183. The number of aromatic nitrogens is 3. The first kappa shape index (κ1) is 14.3. The van der Waals surface area contributed by atoms with E-state index in [0.717, 1.165) is 18.6 Å². The van der Waals surface area contributed by atoms with Crippen LogP contribution >= 0.6 is 11.6 Å². The minimum absolute atomic E-state index is 0.0626. The van der Waals surface area contributed by atoms with Crippen molar-refractivity contribution in [2.75, 3.05) is 0 Å². The number of halogens is 3. The van der Waals surface area contributed by atoms with E-state index >= 15 is 0 Å². The first-order chi connectivity index (χ1) is 11.1. The third-order valence-electron chi connectivity index (χ3n) is 4.00. The molecule has 0 bridgehead atoms. The average molecular weight is 334 g/mol. The van der Waals surface area contributed by atoms with Crippen molar-refractivity contribution in [3.63, 3.8) is 0 Å². The SMILES string of the molecule is O=c1c2ccnc(-c3cc(F)c(Cl)cc3F)c2nc2n1CCC2. The third kappa shape index (κ3) is 2.13. The van der Waals surface area contributed by atoms with Gasteiger partial charge in [0.2, 0.25) is 0 Å². The van der Waals surface area contributed by atoms with Crippen LogP contribution in [0.5, 0.6) is 0 Å². The van der Waals surface area contributed by atoms with E-state index in [4.69, 9.17) is 11.6 Å². The van der Waals surface area contributed by atoms with Crippen LogP contribution in [0.25, 0.3) is 22.2 Å². The van der Waals surface area contributed by atoms with E-state index in [-0.39, 0.29) is 27.4 Å². The molecule has 3 aromatic rings. The van der Waals surface area contributed by atoms with Crippen molar-refractivity contribution in [1.82, 2.24) is 14.5 Å². The monoisotopic (exact) mass is 333 g/mol. The molecule has 2 aromatic heterocycles. The highest BCUT2D eigenvalue weighted by molar-refractivity contribution is 6.30. The molecule has 0 atom stereocenters. The van der Waals surface area contributed by atoms with Gasteiger partial charge in [0, 0.05) is 24.7 Å². The molecule has 0 saturated carbocycles. The molecule has 23 heavy (non-hydrogen) atoms.